The van der Waals surface area contributed by atoms with E-state index in [9.17, 15) is 0 Å². The highest BCUT2D eigenvalue weighted by molar-refractivity contribution is 7.99. The maximum atomic E-state index is 8.87. The molecule has 0 rings (SSSR count). The summed E-state index contributed by atoms with van der Waals surface area (Å²) in [4.78, 5) is 0. The third kappa shape index (κ3) is 14.2. The molecule has 3 unspecified atom stereocenters. The van der Waals surface area contributed by atoms with Crippen molar-refractivity contribution in [1.29, 1.82) is 0 Å². The minimum absolute atomic E-state index is 0.307. The van der Waals surface area contributed by atoms with Crippen LogP contribution in [0, 0.1) is 16.7 Å². The van der Waals surface area contributed by atoms with Gasteiger partial charge in [0, 0.05) is 6.61 Å². The van der Waals surface area contributed by atoms with E-state index in [0.29, 0.717) is 22.6 Å². The molecular formula is C24H52OP2S. The van der Waals surface area contributed by atoms with Crippen molar-refractivity contribution >= 4 is 30.2 Å². The highest BCUT2D eigenvalue weighted by Crippen LogP contribution is 2.50. The molecule has 4 heteroatoms. The zero-order chi connectivity index (χ0) is 21.7. The Balaban J connectivity index is 4.70. The molecule has 0 amide bonds. The van der Waals surface area contributed by atoms with Gasteiger partial charge in [-0.1, -0.05) is 67.2 Å². The van der Waals surface area contributed by atoms with Crippen LogP contribution in [-0.4, -0.2) is 34.5 Å². The summed E-state index contributed by atoms with van der Waals surface area (Å²) in [5.41, 5.74) is 0.759. The molecule has 0 aliphatic carbocycles. The number of aliphatic hydroxyl groups is 1. The molecule has 0 fully saturated rings. The van der Waals surface area contributed by atoms with Crippen LogP contribution in [0.1, 0.15) is 106 Å². The number of aliphatic hydroxyl groups excluding tert-OH is 1. The van der Waals surface area contributed by atoms with Crippen LogP contribution in [0.25, 0.3) is 0 Å². The number of rotatable bonds is 18. The molecule has 1 N–H and O–H groups in total. The fourth-order valence-electron chi connectivity index (χ4n) is 5.09. The van der Waals surface area contributed by atoms with Crippen LogP contribution in [0.2, 0.25) is 0 Å². The summed E-state index contributed by atoms with van der Waals surface area (Å²) in [7, 11) is 5.95. The van der Waals surface area contributed by atoms with Gasteiger partial charge < -0.3 is 5.11 Å². The third-order valence-electron chi connectivity index (χ3n) is 6.08. The highest BCUT2D eigenvalue weighted by atomic mass is 32.2. The fraction of sp³-hybridized carbons (Fsp3) is 1.00. The molecule has 0 aromatic carbocycles. The number of thioether (sulfide) groups is 1. The summed E-state index contributed by atoms with van der Waals surface area (Å²) in [5.74, 6) is 3.34. The van der Waals surface area contributed by atoms with Crippen molar-refractivity contribution < 1.29 is 5.11 Å². The molecule has 0 heterocycles. The van der Waals surface area contributed by atoms with Gasteiger partial charge in [0.1, 0.15) is 0 Å². The Hall–Kier alpha value is 1.17. The molecule has 0 aromatic heterocycles. The van der Waals surface area contributed by atoms with Crippen LogP contribution in [0.15, 0.2) is 0 Å². The van der Waals surface area contributed by atoms with Crippen LogP contribution in [-0.2, 0) is 0 Å². The zero-order valence-corrected chi connectivity index (χ0v) is 23.1. The zero-order valence-electron chi connectivity index (χ0n) is 20.0. The molecule has 0 saturated carbocycles. The van der Waals surface area contributed by atoms with E-state index in [4.69, 9.17) is 5.11 Å². The summed E-state index contributed by atoms with van der Waals surface area (Å²) in [5, 5.41) is 9.18. The van der Waals surface area contributed by atoms with Crippen molar-refractivity contribution in [3.8, 4) is 0 Å². The monoisotopic (exact) mass is 450 g/mol. The van der Waals surface area contributed by atoms with Gasteiger partial charge in [-0.15, -0.1) is 18.5 Å². The van der Waals surface area contributed by atoms with Gasteiger partial charge >= 0.3 is 0 Å². The predicted octanol–water partition coefficient (Wildman–Crippen LogP) is 7.81. The van der Waals surface area contributed by atoms with E-state index < -0.39 is 0 Å². The average molecular weight is 451 g/mol. The van der Waals surface area contributed by atoms with E-state index in [-0.39, 0.29) is 0 Å². The standard InChI is InChI=1S/C24H52OP2S/c1-22(2,15-19-28-18-13-8-7-11-16-25)21(14-10-9-12-17-26)23(3,4)20-24(5,6)27/h21,25H,7-20,26-27H2,1-6H3. The Morgan fingerprint density at radius 3 is 1.96 bits per heavy atom. The van der Waals surface area contributed by atoms with Gasteiger partial charge in [0.05, 0.1) is 0 Å². The largest absolute Gasteiger partial charge is 0.396 e. The molecule has 0 spiro atoms. The van der Waals surface area contributed by atoms with Crippen molar-refractivity contribution in [2.75, 3.05) is 24.3 Å². The quantitative estimate of drug-likeness (QED) is 0.170. The first kappa shape index (κ1) is 29.2. The number of hydrogen-bond donors (Lipinski definition) is 1. The molecule has 0 bridgehead atoms. The van der Waals surface area contributed by atoms with Gasteiger partial charge in [-0.25, -0.2) is 0 Å². The fourth-order valence-corrected chi connectivity index (χ4v) is 7.18. The summed E-state index contributed by atoms with van der Waals surface area (Å²) in [6.45, 7) is 15.2. The molecule has 0 aliphatic heterocycles. The lowest BCUT2D eigenvalue weighted by molar-refractivity contribution is 0.0462. The first-order valence-corrected chi connectivity index (χ1v) is 14.2. The minimum Gasteiger partial charge on any atom is -0.396 e. The number of unbranched alkanes of at least 4 members (excludes halogenated alkanes) is 5. The maximum Gasteiger partial charge on any atom is 0.0431 e. The first-order valence-electron chi connectivity index (χ1n) is 11.6. The van der Waals surface area contributed by atoms with Crippen LogP contribution in [0.3, 0.4) is 0 Å². The van der Waals surface area contributed by atoms with Crippen LogP contribution in [0.4, 0.5) is 0 Å². The van der Waals surface area contributed by atoms with E-state index in [1.165, 1.54) is 75.5 Å². The lowest BCUT2D eigenvalue weighted by Gasteiger charge is -2.47. The molecular weight excluding hydrogens is 398 g/mol. The topological polar surface area (TPSA) is 20.2 Å². The van der Waals surface area contributed by atoms with E-state index >= 15 is 0 Å². The second-order valence-corrected chi connectivity index (χ2v) is 14.2. The van der Waals surface area contributed by atoms with Crippen molar-refractivity contribution in [3.05, 3.63) is 0 Å². The Morgan fingerprint density at radius 2 is 1.39 bits per heavy atom. The molecule has 0 radical (unpaired) electrons. The van der Waals surface area contributed by atoms with Crippen LogP contribution >= 0.6 is 30.2 Å². The van der Waals surface area contributed by atoms with Gasteiger partial charge in [-0.3, -0.25) is 0 Å². The second-order valence-electron chi connectivity index (χ2n) is 10.8. The molecule has 0 aromatic rings. The molecule has 3 atom stereocenters. The Bertz CT molecular complexity index is 377. The van der Waals surface area contributed by atoms with E-state index in [1.807, 2.05) is 0 Å². The van der Waals surface area contributed by atoms with E-state index in [0.717, 1.165) is 12.3 Å². The second kappa shape index (κ2) is 15.1. The average Bonchev–Trinajstić information content (AvgIpc) is 2.54. The maximum absolute atomic E-state index is 8.87. The molecule has 0 saturated heterocycles. The van der Waals surface area contributed by atoms with Gasteiger partial charge in [-0.05, 0) is 78.1 Å². The predicted molar refractivity (Wildman–Crippen MR) is 140 cm³/mol. The summed E-state index contributed by atoms with van der Waals surface area (Å²) in [6, 6.07) is 0. The summed E-state index contributed by atoms with van der Waals surface area (Å²) < 4.78 is 0. The lowest BCUT2D eigenvalue weighted by Crippen LogP contribution is -2.39. The number of hydrogen-bond acceptors (Lipinski definition) is 2. The summed E-state index contributed by atoms with van der Waals surface area (Å²) >= 11 is 2.14. The van der Waals surface area contributed by atoms with Crippen molar-refractivity contribution in [1.82, 2.24) is 0 Å². The highest BCUT2D eigenvalue weighted by Gasteiger charge is 2.41. The Kier molecular flexibility index (Phi) is 15.7. The lowest BCUT2D eigenvalue weighted by atomic mass is 9.59. The van der Waals surface area contributed by atoms with Crippen LogP contribution in [0.5, 0.6) is 0 Å². The van der Waals surface area contributed by atoms with E-state index in [1.54, 1.807) is 0 Å². The Labute approximate surface area is 187 Å². The minimum atomic E-state index is 0.307. The summed E-state index contributed by atoms with van der Waals surface area (Å²) in [6.07, 6.45) is 14.0. The van der Waals surface area contributed by atoms with Crippen molar-refractivity contribution in [2.24, 2.45) is 16.7 Å². The first-order chi connectivity index (χ1) is 13.0. The van der Waals surface area contributed by atoms with E-state index in [2.05, 4.69) is 71.8 Å². The molecule has 28 heavy (non-hydrogen) atoms. The van der Waals surface area contributed by atoms with Crippen molar-refractivity contribution in [2.45, 2.75) is 111 Å². The molecule has 1 nitrogen and oxygen atoms in total. The third-order valence-corrected chi connectivity index (χ3v) is 7.76. The molecule has 170 valence electrons. The van der Waals surface area contributed by atoms with Crippen LogP contribution < -0.4 is 0 Å². The molecule has 0 aliphatic rings. The smallest absolute Gasteiger partial charge is 0.0431 e. The Morgan fingerprint density at radius 1 is 0.786 bits per heavy atom. The normalized spacial score (nSPS) is 14.5. The van der Waals surface area contributed by atoms with Gasteiger partial charge in [0.2, 0.25) is 0 Å². The van der Waals surface area contributed by atoms with Gasteiger partial charge in [0.15, 0.2) is 0 Å². The van der Waals surface area contributed by atoms with Gasteiger partial charge in [0.25, 0.3) is 0 Å². The van der Waals surface area contributed by atoms with Gasteiger partial charge in [-0.2, -0.15) is 11.8 Å². The SMILES string of the molecule is CC(C)(P)CC(C)(C)C(CCCCCP)C(C)(C)CCSCCCCCCO. The van der Waals surface area contributed by atoms with Crippen molar-refractivity contribution in [3.63, 3.8) is 0 Å².